The first kappa shape index (κ1) is 17.6. The zero-order chi connectivity index (χ0) is 18.0. The highest BCUT2D eigenvalue weighted by Gasteiger charge is 2.22. The molecule has 0 saturated heterocycles. The standard InChI is InChI=1S/C17H18FN5S2/c1-20-12(19)7-10-6-9(4-5-21-10)13-11-8-22-23-15(11)17(25-3)14(18)16(13)24-2/h4-8,21H,1-3H3,(H2,19,20)(H,22,23)/b10-7-. The number of hydrogen-bond donors (Lipinski definition) is 3. The topological polar surface area (TPSA) is 79.1 Å². The summed E-state index contributed by atoms with van der Waals surface area (Å²) in [6, 6.07) is 0. The van der Waals surface area contributed by atoms with E-state index in [1.165, 1.54) is 23.5 Å². The monoisotopic (exact) mass is 375 g/mol. The number of allylic oxidation sites excluding steroid dienone is 3. The third kappa shape index (κ3) is 3.19. The number of thioether (sulfide) groups is 2. The van der Waals surface area contributed by atoms with Gasteiger partial charge in [-0.15, -0.1) is 23.5 Å². The molecule has 0 unspecified atom stereocenters. The fourth-order valence-corrected chi connectivity index (χ4v) is 4.13. The molecule has 1 aliphatic rings. The van der Waals surface area contributed by atoms with E-state index in [0.29, 0.717) is 21.1 Å². The van der Waals surface area contributed by atoms with Crippen LogP contribution in [0.5, 0.6) is 0 Å². The summed E-state index contributed by atoms with van der Waals surface area (Å²) >= 11 is 2.76. The maximum absolute atomic E-state index is 15.0. The van der Waals surface area contributed by atoms with E-state index in [2.05, 4.69) is 20.5 Å². The summed E-state index contributed by atoms with van der Waals surface area (Å²) in [5.41, 5.74) is 8.99. The minimum Gasteiger partial charge on any atom is -0.384 e. The lowest BCUT2D eigenvalue weighted by Crippen LogP contribution is -2.14. The number of hydrogen-bond acceptors (Lipinski definition) is 5. The van der Waals surface area contributed by atoms with E-state index in [1.54, 1.807) is 25.5 Å². The SMILES string of the molecule is CN=C(N)/C=C1/C=C(c2c(SC)c(F)c(SC)c3[nH]ncc23)C=CN1. The quantitative estimate of drug-likeness (QED) is 0.433. The van der Waals surface area contributed by atoms with E-state index in [0.717, 1.165) is 22.2 Å². The summed E-state index contributed by atoms with van der Waals surface area (Å²) in [6.45, 7) is 0. The summed E-state index contributed by atoms with van der Waals surface area (Å²) in [6.07, 6.45) is 12.9. The molecule has 2 aromatic rings. The smallest absolute Gasteiger partial charge is 0.153 e. The van der Waals surface area contributed by atoms with Crippen LogP contribution < -0.4 is 11.1 Å². The maximum atomic E-state index is 15.0. The molecular weight excluding hydrogens is 357 g/mol. The van der Waals surface area contributed by atoms with Crippen LogP contribution in [-0.2, 0) is 0 Å². The Morgan fingerprint density at radius 1 is 1.32 bits per heavy atom. The Labute approximate surface area is 153 Å². The Balaban J connectivity index is 2.27. The average molecular weight is 375 g/mol. The van der Waals surface area contributed by atoms with Crippen molar-refractivity contribution in [2.75, 3.05) is 19.6 Å². The van der Waals surface area contributed by atoms with Crippen LogP contribution >= 0.6 is 23.5 Å². The van der Waals surface area contributed by atoms with Crippen LogP contribution in [-0.4, -0.2) is 35.6 Å². The molecule has 0 amide bonds. The van der Waals surface area contributed by atoms with Gasteiger partial charge in [-0.3, -0.25) is 10.1 Å². The van der Waals surface area contributed by atoms with Gasteiger partial charge in [-0.2, -0.15) is 5.10 Å². The molecule has 1 aromatic carbocycles. The Morgan fingerprint density at radius 3 is 2.76 bits per heavy atom. The first-order valence-corrected chi connectivity index (χ1v) is 9.91. The van der Waals surface area contributed by atoms with Crippen molar-refractivity contribution in [1.82, 2.24) is 15.5 Å². The van der Waals surface area contributed by atoms with Crippen molar-refractivity contribution in [3.8, 4) is 0 Å². The fraction of sp³-hybridized carbons (Fsp3) is 0.176. The van der Waals surface area contributed by atoms with Gasteiger partial charge in [0.1, 0.15) is 5.84 Å². The number of dihydropyridines is 1. The number of aliphatic imine (C=N–C) groups is 1. The van der Waals surface area contributed by atoms with Crippen LogP contribution in [0.1, 0.15) is 5.56 Å². The van der Waals surface area contributed by atoms with Crippen LogP contribution in [0.25, 0.3) is 16.5 Å². The molecule has 130 valence electrons. The van der Waals surface area contributed by atoms with Crippen LogP contribution in [0.15, 0.2) is 51.1 Å². The molecule has 0 atom stereocenters. The predicted octanol–water partition coefficient (Wildman–Crippen LogP) is 3.52. The van der Waals surface area contributed by atoms with Gasteiger partial charge in [0.2, 0.25) is 0 Å². The van der Waals surface area contributed by atoms with Gasteiger partial charge in [-0.1, -0.05) is 0 Å². The van der Waals surface area contributed by atoms with Gasteiger partial charge in [-0.25, -0.2) is 4.39 Å². The van der Waals surface area contributed by atoms with E-state index in [-0.39, 0.29) is 5.82 Å². The Bertz CT molecular complexity index is 940. The fourth-order valence-electron chi connectivity index (χ4n) is 2.71. The molecule has 3 rings (SSSR count). The lowest BCUT2D eigenvalue weighted by atomic mass is 9.98. The molecule has 1 aromatic heterocycles. The van der Waals surface area contributed by atoms with Gasteiger partial charge in [0.05, 0.1) is 21.5 Å². The molecule has 0 saturated carbocycles. The van der Waals surface area contributed by atoms with Crippen LogP contribution in [0.4, 0.5) is 4.39 Å². The number of aromatic amines is 1. The molecule has 0 fully saturated rings. The van der Waals surface area contributed by atoms with Crippen molar-refractivity contribution < 1.29 is 4.39 Å². The zero-order valence-electron chi connectivity index (χ0n) is 14.1. The van der Waals surface area contributed by atoms with Crippen molar-refractivity contribution in [3.05, 3.63) is 47.7 Å². The number of amidine groups is 1. The molecule has 0 aliphatic carbocycles. The van der Waals surface area contributed by atoms with E-state index in [4.69, 9.17) is 5.73 Å². The number of benzene rings is 1. The Hall–Kier alpha value is -2.19. The second kappa shape index (κ2) is 7.37. The van der Waals surface area contributed by atoms with Crippen LogP contribution in [0.2, 0.25) is 0 Å². The highest BCUT2D eigenvalue weighted by molar-refractivity contribution is 7.99. The molecule has 25 heavy (non-hydrogen) atoms. The van der Waals surface area contributed by atoms with Crippen molar-refractivity contribution >= 4 is 45.8 Å². The number of fused-ring (bicyclic) bond motifs is 1. The summed E-state index contributed by atoms with van der Waals surface area (Å²) in [4.78, 5) is 5.12. The van der Waals surface area contributed by atoms with Crippen molar-refractivity contribution in [1.29, 1.82) is 0 Å². The van der Waals surface area contributed by atoms with Gasteiger partial charge in [-0.05, 0) is 30.2 Å². The van der Waals surface area contributed by atoms with Crippen LogP contribution in [0.3, 0.4) is 0 Å². The number of halogens is 1. The summed E-state index contributed by atoms with van der Waals surface area (Å²) in [5, 5.41) is 11.1. The lowest BCUT2D eigenvalue weighted by Gasteiger charge is -2.17. The molecule has 1 aliphatic heterocycles. The number of nitrogens with one attached hydrogen (secondary N) is 2. The summed E-state index contributed by atoms with van der Waals surface area (Å²) < 4.78 is 15.0. The minimum absolute atomic E-state index is 0.222. The minimum atomic E-state index is -0.222. The van der Waals surface area contributed by atoms with Crippen molar-refractivity contribution in [2.24, 2.45) is 10.7 Å². The van der Waals surface area contributed by atoms with E-state index < -0.39 is 0 Å². The molecule has 5 nitrogen and oxygen atoms in total. The molecule has 2 heterocycles. The number of nitrogens with two attached hydrogens (primary N) is 1. The number of rotatable bonds is 4. The molecule has 0 spiro atoms. The molecular formula is C17H18FN5S2. The van der Waals surface area contributed by atoms with Crippen LogP contribution in [0, 0.1) is 5.82 Å². The van der Waals surface area contributed by atoms with E-state index in [9.17, 15) is 0 Å². The number of aromatic nitrogens is 2. The van der Waals surface area contributed by atoms with E-state index >= 15 is 4.39 Å². The zero-order valence-corrected chi connectivity index (χ0v) is 15.7. The predicted molar refractivity (Wildman–Crippen MR) is 105 cm³/mol. The third-order valence-corrected chi connectivity index (χ3v) is 5.43. The molecule has 0 bridgehead atoms. The second-order valence-corrected chi connectivity index (χ2v) is 6.87. The number of nitrogens with zero attached hydrogens (tertiary/aromatic N) is 2. The molecule has 8 heteroatoms. The maximum Gasteiger partial charge on any atom is 0.153 e. The Morgan fingerprint density at radius 2 is 2.08 bits per heavy atom. The number of H-pyrrole nitrogens is 1. The largest absolute Gasteiger partial charge is 0.384 e. The average Bonchev–Trinajstić information content (AvgIpc) is 3.09. The van der Waals surface area contributed by atoms with Gasteiger partial charge in [0.25, 0.3) is 0 Å². The molecule has 4 N–H and O–H groups in total. The first-order valence-electron chi connectivity index (χ1n) is 7.46. The van der Waals surface area contributed by atoms with Crippen molar-refractivity contribution in [3.63, 3.8) is 0 Å². The molecule has 0 radical (unpaired) electrons. The van der Waals surface area contributed by atoms with Gasteiger partial charge >= 0.3 is 0 Å². The lowest BCUT2D eigenvalue weighted by molar-refractivity contribution is 0.578. The highest BCUT2D eigenvalue weighted by Crippen LogP contribution is 2.41. The summed E-state index contributed by atoms with van der Waals surface area (Å²) in [5.74, 6) is 0.190. The normalized spacial score (nSPS) is 16.4. The van der Waals surface area contributed by atoms with Gasteiger partial charge < -0.3 is 11.1 Å². The van der Waals surface area contributed by atoms with Gasteiger partial charge in [0.15, 0.2) is 5.82 Å². The second-order valence-electron chi connectivity index (χ2n) is 5.24. The first-order chi connectivity index (χ1) is 12.1. The summed E-state index contributed by atoms with van der Waals surface area (Å²) in [7, 11) is 1.63. The highest BCUT2D eigenvalue weighted by atomic mass is 32.2. The van der Waals surface area contributed by atoms with Gasteiger partial charge in [0, 0.05) is 36.0 Å². The van der Waals surface area contributed by atoms with E-state index in [1.807, 2.05) is 24.7 Å². The van der Waals surface area contributed by atoms with Crippen molar-refractivity contribution in [2.45, 2.75) is 9.79 Å². The Kier molecular flexibility index (Phi) is 5.19. The third-order valence-electron chi connectivity index (χ3n) is 3.84.